The Balaban J connectivity index is 2.02. The molecule has 0 spiro atoms. The second kappa shape index (κ2) is 5.31. The fraction of sp³-hybridized carbons (Fsp3) is 0. The molecule has 3 nitrogen and oxygen atoms in total. The molecule has 0 aliphatic carbocycles. The molecular weight excluding hydrogens is 272 g/mol. The van der Waals surface area contributed by atoms with Gasteiger partial charge in [0.15, 0.2) is 0 Å². The number of aromatic nitrogens is 2. The first-order chi connectivity index (χ1) is 9.75. The Labute approximate surface area is 121 Å². The zero-order chi connectivity index (χ0) is 13.9. The van der Waals surface area contributed by atoms with Gasteiger partial charge in [-0.25, -0.2) is 4.98 Å². The fourth-order valence-electron chi connectivity index (χ4n) is 2.00. The summed E-state index contributed by atoms with van der Waals surface area (Å²) in [7, 11) is 0. The number of imidazole rings is 1. The normalized spacial score (nSPS) is 10.4. The molecule has 98 valence electrons. The number of hydrogen-bond donors (Lipinski definition) is 0. The van der Waals surface area contributed by atoms with Gasteiger partial charge in [0.05, 0.1) is 0 Å². The minimum atomic E-state index is -0.127. The number of benzene rings is 2. The molecule has 0 bridgehead atoms. The molecule has 3 aromatic rings. The van der Waals surface area contributed by atoms with Crippen LogP contribution >= 0.6 is 11.6 Å². The van der Waals surface area contributed by atoms with Crippen molar-refractivity contribution in [2.75, 3.05) is 0 Å². The summed E-state index contributed by atoms with van der Waals surface area (Å²) < 4.78 is 1.54. The fourth-order valence-corrected chi connectivity index (χ4v) is 2.13. The minimum Gasteiger partial charge on any atom is -0.268 e. The standard InChI is InChI=1S/C16H11ClN2O/c17-14-8-6-13(7-9-14)16(20)19-11-10-18-15(19)12-4-2-1-3-5-12/h1-11H. The Hall–Kier alpha value is -2.39. The van der Waals surface area contributed by atoms with Crippen LogP contribution in [0.15, 0.2) is 67.0 Å². The van der Waals surface area contributed by atoms with Gasteiger partial charge in [0.25, 0.3) is 5.91 Å². The Kier molecular flexibility index (Phi) is 3.35. The summed E-state index contributed by atoms with van der Waals surface area (Å²) in [4.78, 5) is 16.8. The summed E-state index contributed by atoms with van der Waals surface area (Å²) in [5.74, 6) is 0.503. The zero-order valence-corrected chi connectivity index (χ0v) is 11.3. The molecule has 0 aliphatic heterocycles. The Morgan fingerprint density at radius 1 is 1.00 bits per heavy atom. The topological polar surface area (TPSA) is 34.9 Å². The summed E-state index contributed by atoms with van der Waals surface area (Å²) in [5, 5.41) is 0.607. The molecule has 0 saturated heterocycles. The average Bonchev–Trinajstić information content (AvgIpc) is 2.97. The van der Waals surface area contributed by atoms with Crippen LogP contribution in [-0.4, -0.2) is 15.5 Å². The predicted octanol–water partition coefficient (Wildman–Crippen LogP) is 3.89. The Morgan fingerprint density at radius 2 is 1.70 bits per heavy atom. The molecule has 4 heteroatoms. The van der Waals surface area contributed by atoms with Gasteiger partial charge in [-0.2, -0.15) is 0 Å². The molecular formula is C16H11ClN2O. The van der Waals surface area contributed by atoms with Crippen LogP contribution in [0.3, 0.4) is 0 Å². The molecule has 0 fully saturated rings. The molecule has 2 aromatic carbocycles. The lowest BCUT2D eigenvalue weighted by molar-refractivity contribution is 0.0962. The lowest BCUT2D eigenvalue weighted by atomic mass is 10.2. The maximum absolute atomic E-state index is 12.5. The molecule has 0 atom stereocenters. The number of nitrogens with zero attached hydrogens (tertiary/aromatic N) is 2. The minimum absolute atomic E-state index is 0.127. The van der Waals surface area contributed by atoms with E-state index in [9.17, 15) is 4.79 Å². The maximum Gasteiger partial charge on any atom is 0.263 e. The van der Waals surface area contributed by atoms with Crippen LogP contribution in [0.25, 0.3) is 11.4 Å². The summed E-state index contributed by atoms with van der Waals surface area (Å²) in [6.07, 6.45) is 3.29. The van der Waals surface area contributed by atoms with Gasteiger partial charge in [-0.15, -0.1) is 0 Å². The van der Waals surface area contributed by atoms with Gasteiger partial charge in [-0.05, 0) is 24.3 Å². The summed E-state index contributed by atoms with van der Waals surface area (Å²) in [6.45, 7) is 0. The van der Waals surface area contributed by atoms with Crippen molar-refractivity contribution in [2.45, 2.75) is 0 Å². The molecule has 3 rings (SSSR count). The largest absolute Gasteiger partial charge is 0.268 e. The van der Waals surface area contributed by atoms with E-state index in [1.807, 2.05) is 30.3 Å². The van der Waals surface area contributed by atoms with Crippen LogP contribution in [0.1, 0.15) is 10.4 Å². The van der Waals surface area contributed by atoms with E-state index in [2.05, 4.69) is 4.98 Å². The van der Waals surface area contributed by atoms with Gasteiger partial charge in [-0.3, -0.25) is 9.36 Å². The first-order valence-corrected chi connectivity index (χ1v) is 6.52. The van der Waals surface area contributed by atoms with Crippen molar-refractivity contribution in [1.29, 1.82) is 0 Å². The highest BCUT2D eigenvalue weighted by atomic mass is 35.5. The maximum atomic E-state index is 12.5. The van der Waals surface area contributed by atoms with Crippen molar-refractivity contribution < 1.29 is 4.79 Å². The molecule has 0 saturated carbocycles. The van der Waals surface area contributed by atoms with Gasteiger partial charge in [-0.1, -0.05) is 41.9 Å². The quantitative estimate of drug-likeness (QED) is 0.715. The number of halogens is 1. The molecule has 0 aliphatic rings. The molecule has 20 heavy (non-hydrogen) atoms. The van der Waals surface area contributed by atoms with E-state index in [1.54, 1.807) is 41.2 Å². The highest BCUT2D eigenvalue weighted by Crippen LogP contribution is 2.19. The van der Waals surface area contributed by atoms with Gasteiger partial charge in [0.2, 0.25) is 0 Å². The molecule has 0 radical (unpaired) electrons. The predicted molar refractivity (Wildman–Crippen MR) is 78.8 cm³/mol. The van der Waals surface area contributed by atoms with E-state index < -0.39 is 0 Å². The smallest absolute Gasteiger partial charge is 0.263 e. The van der Waals surface area contributed by atoms with E-state index >= 15 is 0 Å². The number of hydrogen-bond acceptors (Lipinski definition) is 2. The SMILES string of the molecule is O=C(c1ccc(Cl)cc1)n1ccnc1-c1ccccc1. The lowest BCUT2D eigenvalue weighted by Gasteiger charge is -2.06. The third-order valence-electron chi connectivity index (χ3n) is 2.98. The zero-order valence-electron chi connectivity index (χ0n) is 10.5. The third-order valence-corrected chi connectivity index (χ3v) is 3.23. The highest BCUT2D eigenvalue weighted by Gasteiger charge is 2.13. The van der Waals surface area contributed by atoms with Crippen molar-refractivity contribution in [2.24, 2.45) is 0 Å². The van der Waals surface area contributed by atoms with Crippen LogP contribution < -0.4 is 0 Å². The summed E-state index contributed by atoms with van der Waals surface area (Å²) in [6, 6.07) is 16.4. The van der Waals surface area contributed by atoms with E-state index in [0.717, 1.165) is 5.56 Å². The number of rotatable bonds is 2. The van der Waals surface area contributed by atoms with E-state index in [0.29, 0.717) is 16.4 Å². The first kappa shape index (κ1) is 12.6. The molecule has 0 N–H and O–H groups in total. The highest BCUT2D eigenvalue weighted by molar-refractivity contribution is 6.30. The van der Waals surface area contributed by atoms with E-state index in [4.69, 9.17) is 11.6 Å². The van der Waals surface area contributed by atoms with Crippen LogP contribution in [0, 0.1) is 0 Å². The van der Waals surface area contributed by atoms with Gasteiger partial charge in [0, 0.05) is 28.5 Å². The van der Waals surface area contributed by atoms with Crippen molar-refractivity contribution >= 4 is 17.5 Å². The van der Waals surface area contributed by atoms with Crippen molar-refractivity contribution in [3.05, 3.63) is 77.6 Å². The van der Waals surface area contributed by atoms with Crippen molar-refractivity contribution in [3.63, 3.8) is 0 Å². The van der Waals surface area contributed by atoms with Crippen LogP contribution in [0.2, 0.25) is 5.02 Å². The van der Waals surface area contributed by atoms with Gasteiger partial charge >= 0.3 is 0 Å². The average molecular weight is 283 g/mol. The lowest BCUT2D eigenvalue weighted by Crippen LogP contribution is -2.12. The second-order valence-electron chi connectivity index (χ2n) is 4.30. The third kappa shape index (κ3) is 2.36. The van der Waals surface area contributed by atoms with E-state index in [1.165, 1.54) is 0 Å². The second-order valence-corrected chi connectivity index (χ2v) is 4.74. The van der Waals surface area contributed by atoms with E-state index in [-0.39, 0.29) is 5.91 Å². The van der Waals surface area contributed by atoms with Gasteiger partial charge in [0.1, 0.15) is 5.82 Å². The van der Waals surface area contributed by atoms with Crippen LogP contribution in [-0.2, 0) is 0 Å². The molecule has 1 aromatic heterocycles. The monoisotopic (exact) mass is 282 g/mol. The van der Waals surface area contributed by atoms with Crippen LogP contribution in [0.5, 0.6) is 0 Å². The summed E-state index contributed by atoms with van der Waals surface area (Å²) >= 11 is 5.84. The number of carbonyl (C=O) groups excluding carboxylic acids is 1. The Morgan fingerprint density at radius 3 is 2.40 bits per heavy atom. The van der Waals surface area contributed by atoms with Crippen molar-refractivity contribution in [1.82, 2.24) is 9.55 Å². The number of carbonyl (C=O) groups is 1. The molecule has 0 unspecified atom stereocenters. The first-order valence-electron chi connectivity index (χ1n) is 6.15. The Bertz CT molecular complexity index is 733. The van der Waals surface area contributed by atoms with Crippen LogP contribution in [0.4, 0.5) is 0 Å². The molecule has 1 heterocycles. The van der Waals surface area contributed by atoms with Crippen molar-refractivity contribution in [3.8, 4) is 11.4 Å². The molecule has 0 amide bonds. The van der Waals surface area contributed by atoms with Gasteiger partial charge < -0.3 is 0 Å². The summed E-state index contributed by atoms with van der Waals surface area (Å²) in [5.41, 5.74) is 1.48.